The molecule has 20 heavy (non-hydrogen) atoms. The number of hydrogen-bond donors (Lipinski definition) is 1. The molecule has 0 aliphatic rings. The summed E-state index contributed by atoms with van der Waals surface area (Å²) >= 11 is 1.84. The summed E-state index contributed by atoms with van der Waals surface area (Å²) in [5, 5.41) is 4.59. The second kappa shape index (κ2) is 7.53. The summed E-state index contributed by atoms with van der Waals surface area (Å²) in [6.07, 6.45) is 1.04. The van der Waals surface area contributed by atoms with Gasteiger partial charge in [-0.05, 0) is 27.1 Å². The maximum atomic E-state index is 4.85. The summed E-state index contributed by atoms with van der Waals surface area (Å²) in [6.45, 7) is 5.08. The lowest BCUT2D eigenvalue weighted by Crippen LogP contribution is -2.15. The topological polar surface area (TPSA) is 28.2 Å². The van der Waals surface area contributed by atoms with Gasteiger partial charge in [-0.2, -0.15) is 0 Å². The summed E-state index contributed by atoms with van der Waals surface area (Å²) in [6, 6.07) is 10.5. The number of rotatable bonds is 7. The van der Waals surface area contributed by atoms with Crippen molar-refractivity contribution < 1.29 is 0 Å². The third kappa shape index (κ3) is 4.13. The van der Waals surface area contributed by atoms with E-state index in [1.807, 2.05) is 11.3 Å². The Balaban J connectivity index is 2.24. The third-order valence-electron chi connectivity index (χ3n) is 3.02. The van der Waals surface area contributed by atoms with Crippen molar-refractivity contribution in [3.63, 3.8) is 0 Å². The van der Waals surface area contributed by atoms with E-state index in [4.69, 9.17) is 4.98 Å². The maximum Gasteiger partial charge on any atom is 0.108 e. The van der Waals surface area contributed by atoms with Gasteiger partial charge in [0, 0.05) is 23.5 Å². The van der Waals surface area contributed by atoms with Crippen LogP contribution in [0.1, 0.15) is 16.8 Å². The molecule has 0 aliphatic heterocycles. The molecule has 1 aromatic carbocycles. The lowest BCUT2D eigenvalue weighted by atomic mass is 10.1. The first kappa shape index (κ1) is 15.2. The van der Waals surface area contributed by atoms with E-state index in [1.54, 1.807) is 0 Å². The molecule has 1 N–H and O–H groups in total. The molecule has 0 fully saturated rings. The summed E-state index contributed by atoms with van der Waals surface area (Å²) in [5.41, 5.74) is 2.38. The molecule has 108 valence electrons. The normalized spacial score (nSPS) is 11.2. The van der Waals surface area contributed by atoms with E-state index in [0.717, 1.165) is 31.7 Å². The van der Waals surface area contributed by atoms with Crippen molar-refractivity contribution in [1.29, 1.82) is 0 Å². The van der Waals surface area contributed by atoms with Crippen LogP contribution in [0.4, 0.5) is 0 Å². The summed E-state index contributed by atoms with van der Waals surface area (Å²) < 4.78 is 0. The van der Waals surface area contributed by atoms with Gasteiger partial charge in [-0.25, -0.2) is 4.98 Å². The number of nitrogens with one attached hydrogen (secondary N) is 1. The van der Waals surface area contributed by atoms with Crippen molar-refractivity contribution in [2.24, 2.45) is 0 Å². The van der Waals surface area contributed by atoms with Gasteiger partial charge in [-0.15, -0.1) is 11.3 Å². The zero-order valence-electron chi connectivity index (χ0n) is 12.5. The van der Waals surface area contributed by atoms with Gasteiger partial charge in [0.2, 0.25) is 0 Å². The summed E-state index contributed by atoms with van der Waals surface area (Å²) in [5.74, 6) is 0. The first-order valence-electron chi connectivity index (χ1n) is 7.10. The molecule has 2 rings (SSSR count). The standard InChI is InChI=1S/C16H23N3S/c1-4-17-11-10-14-16(13-8-6-5-7-9-13)18-15(20-14)12-19(2)3/h5-9,17H,4,10-12H2,1-3H3. The van der Waals surface area contributed by atoms with Gasteiger partial charge in [0.05, 0.1) is 5.69 Å². The van der Waals surface area contributed by atoms with Crippen molar-refractivity contribution in [2.75, 3.05) is 27.2 Å². The molecule has 0 unspecified atom stereocenters. The Morgan fingerprint density at radius 1 is 1.20 bits per heavy atom. The molecule has 2 aromatic rings. The highest BCUT2D eigenvalue weighted by Gasteiger charge is 2.13. The SMILES string of the molecule is CCNCCc1sc(CN(C)C)nc1-c1ccccc1. The lowest BCUT2D eigenvalue weighted by molar-refractivity contribution is 0.402. The molecule has 0 radical (unpaired) electrons. The minimum Gasteiger partial charge on any atom is -0.317 e. The zero-order chi connectivity index (χ0) is 14.4. The Bertz CT molecular complexity index is 520. The average molecular weight is 289 g/mol. The minimum atomic E-state index is 0.908. The summed E-state index contributed by atoms with van der Waals surface area (Å²) in [4.78, 5) is 8.40. The number of likely N-dealkylation sites (N-methyl/N-ethyl adjacent to an activating group) is 1. The lowest BCUT2D eigenvalue weighted by Gasteiger charge is -2.04. The third-order valence-corrected chi connectivity index (χ3v) is 4.12. The van der Waals surface area contributed by atoms with Crippen LogP contribution in [-0.2, 0) is 13.0 Å². The van der Waals surface area contributed by atoms with E-state index in [9.17, 15) is 0 Å². The molecular weight excluding hydrogens is 266 g/mol. The predicted molar refractivity (Wildman–Crippen MR) is 87.2 cm³/mol. The molecule has 1 heterocycles. The van der Waals surface area contributed by atoms with Gasteiger partial charge in [0.1, 0.15) is 5.01 Å². The average Bonchev–Trinajstić information content (AvgIpc) is 2.82. The molecule has 0 saturated carbocycles. The van der Waals surface area contributed by atoms with Crippen LogP contribution in [0.3, 0.4) is 0 Å². The van der Waals surface area contributed by atoms with Crippen LogP contribution in [0, 0.1) is 0 Å². The molecule has 0 spiro atoms. The van der Waals surface area contributed by atoms with Crippen LogP contribution in [0.25, 0.3) is 11.3 Å². The fraction of sp³-hybridized carbons (Fsp3) is 0.438. The Kier molecular flexibility index (Phi) is 5.71. The quantitative estimate of drug-likeness (QED) is 0.794. The number of aromatic nitrogens is 1. The fourth-order valence-electron chi connectivity index (χ4n) is 2.11. The van der Waals surface area contributed by atoms with Crippen LogP contribution >= 0.6 is 11.3 Å². The zero-order valence-corrected chi connectivity index (χ0v) is 13.3. The van der Waals surface area contributed by atoms with Gasteiger partial charge >= 0.3 is 0 Å². The van der Waals surface area contributed by atoms with Gasteiger partial charge in [0.15, 0.2) is 0 Å². The van der Waals surface area contributed by atoms with Crippen molar-refractivity contribution >= 4 is 11.3 Å². The Hall–Kier alpha value is -1.23. The molecule has 1 aromatic heterocycles. The van der Waals surface area contributed by atoms with Crippen molar-refractivity contribution in [3.8, 4) is 11.3 Å². The summed E-state index contributed by atoms with van der Waals surface area (Å²) in [7, 11) is 4.17. The minimum absolute atomic E-state index is 0.908. The highest BCUT2D eigenvalue weighted by molar-refractivity contribution is 7.12. The molecular formula is C16H23N3S. The molecule has 0 amide bonds. The van der Waals surface area contributed by atoms with Crippen LogP contribution in [0.15, 0.2) is 30.3 Å². The number of hydrogen-bond acceptors (Lipinski definition) is 4. The Morgan fingerprint density at radius 2 is 1.95 bits per heavy atom. The van der Waals surface area contributed by atoms with Crippen LogP contribution < -0.4 is 5.32 Å². The van der Waals surface area contributed by atoms with Crippen LogP contribution in [0.2, 0.25) is 0 Å². The van der Waals surface area contributed by atoms with Crippen LogP contribution in [-0.4, -0.2) is 37.1 Å². The Morgan fingerprint density at radius 3 is 2.60 bits per heavy atom. The largest absolute Gasteiger partial charge is 0.317 e. The monoisotopic (exact) mass is 289 g/mol. The highest BCUT2D eigenvalue weighted by atomic mass is 32.1. The van der Waals surface area contributed by atoms with E-state index >= 15 is 0 Å². The van der Waals surface area contributed by atoms with E-state index in [1.165, 1.54) is 15.4 Å². The second-order valence-electron chi connectivity index (χ2n) is 5.09. The van der Waals surface area contributed by atoms with E-state index in [-0.39, 0.29) is 0 Å². The second-order valence-corrected chi connectivity index (χ2v) is 6.25. The molecule has 3 nitrogen and oxygen atoms in total. The maximum absolute atomic E-state index is 4.85. The van der Waals surface area contributed by atoms with Crippen LogP contribution in [0.5, 0.6) is 0 Å². The van der Waals surface area contributed by atoms with E-state index in [0.29, 0.717) is 0 Å². The highest BCUT2D eigenvalue weighted by Crippen LogP contribution is 2.29. The number of nitrogens with zero attached hydrogens (tertiary/aromatic N) is 2. The first-order chi connectivity index (χ1) is 9.70. The molecule has 0 saturated heterocycles. The van der Waals surface area contributed by atoms with Gasteiger partial charge in [-0.1, -0.05) is 37.3 Å². The van der Waals surface area contributed by atoms with Gasteiger partial charge in [-0.3, -0.25) is 0 Å². The fourth-order valence-corrected chi connectivity index (χ4v) is 3.32. The van der Waals surface area contributed by atoms with Gasteiger partial charge < -0.3 is 10.2 Å². The van der Waals surface area contributed by atoms with E-state index < -0.39 is 0 Å². The van der Waals surface area contributed by atoms with Crippen molar-refractivity contribution in [2.45, 2.75) is 19.9 Å². The molecule has 0 atom stereocenters. The van der Waals surface area contributed by atoms with Crippen molar-refractivity contribution in [3.05, 3.63) is 40.2 Å². The smallest absolute Gasteiger partial charge is 0.108 e. The molecule has 0 aliphatic carbocycles. The van der Waals surface area contributed by atoms with Crippen molar-refractivity contribution in [1.82, 2.24) is 15.2 Å². The molecule has 4 heteroatoms. The predicted octanol–water partition coefficient (Wildman–Crippen LogP) is 3.02. The Labute approximate surface area is 125 Å². The van der Waals surface area contributed by atoms with E-state index in [2.05, 4.69) is 61.6 Å². The number of thiazole rings is 1. The van der Waals surface area contributed by atoms with Gasteiger partial charge in [0.25, 0.3) is 0 Å². The number of benzene rings is 1. The molecule has 0 bridgehead atoms. The first-order valence-corrected chi connectivity index (χ1v) is 7.91.